The molecule has 0 radical (unpaired) electrons. The lowest BCUT2D eigenvalue weighted by Crippen LogP contribution is -2.52. The smallest absolute Gasteiger partial charge is 0.322 e. The zero-order chi connectivity index (χ0) is 23.4. The van der Waals surface area contributed by atoms with Crippen LogP contribution in [0.2, 0.25) is 0 Å². The van der Waals surface area contributed by atoms with E-state index in [2.05, 4.69) is 25.9 Å². The molecule has 1 atom stereocenters. The van der Waals surface area contributed by atoms with Crippen molar-refractivity contribution in [2.24, 2.45) is 4.99 Å². The van der Waals surface area contributed by atoms with Crippen molar-refractivity contribution < 1.29 is 23.5 Å². The van der Waals surface area contributed by atoms with E-state index in [1.807, 2.05) is 6.07 Å². The molecule has 0 spiro atoms. The van der Waals surface area contributed by atoms with Crippen LogP contribution >= 0.6 is 0 Å². The molecule has 0 unspecified atom stereocenters. The molecule has 3 aliphatic heterocycles. The molecule has 0 aliphatic carbocycles. The standard InChI is InChI=1S/C23H20N6O5/c1-33-14-3-2-12-10-29(20(30)15(12)7-14)11-23(21(31)27-22(32)28-23)18-8-16-17(34-18)6-13(9-26-16)19-24-4-5-25-19/h2-3,6-9H,4-5,10-11H2,1H3,(H,24,25)(H2,27,28,31,32)/t23-/m0/s1. The highest BCUT2D eigenvalue weighted by Gasteiger charge is 2.53. The second kappa shape index (κ2) is 7.30. The lowest BCUT2D eigenvalue weighted by molar-refractivity contribution is -0.125. The average Bonchev–Trinajstić information content (AvgIpc) is 3.61. The maximum Gasteiger partial charge on any atom is 0.322 e. The summed E-state index contributed by atoms with van der Waals surface area (Å²) in [5.74, 6) is 0.628. The largest absolute Gasteiger partial charge is 0.497 e. The minimum atomic E-state index is -1.59. The molecule has 1 aromatic carbocycles. The first-order chi connectivity index (χ1) is 16.5. The van der Waals surface area contributed by atoms with Gasteiger partial charge in [-0.1, -0.05) is 6.07 Å². The van der Waals surface area contributed by atoms with Gasteiger partial charge in [0, 0.05) is 36.5 Å². The minimum Gasteiger partial charge on any atom is -0.497 e. The molecule has 11 nitrogen and oxygen atoms in total. The number of ether oxygens (including phenoxy) is 1. The van der Waals surface area contributed by atoms with E-state index in [9.17, 15) is 14.4 Å². The number of aliphatic imine (C=N–C) groups is 1. The minimum absolute atomic E-state index is 0.110. The van der Waals surface area contributed by atoms with Crippen molar-refractivity contribution in [3.05, 3.63) is 59.0 Å². The third-order valence-corrected chi connectivity index (χ3v) is 6.30. The number of pyridine rings is 1. The molecular weight excluding hydrogens is 440 g/mol. The van der Waals surface area contributed by atoms with Crippen molar-refractivity contribution in [3.63, 3.8) is 0 Å². The number of furan rings is 1. The molecule has 4 amide bonds. The van der Waals surface area contributed by atoms with Gasteiger partial charge < -0.3 is 24.7 Å². The summed E-state index contributed by atoms with van der Waals surface area (Å²) in [6, 6.07) is 8.01. The van der Waals surface area contributed by atoms with E-state index < -0.39 is 17.5 Å². The fourth-order valence-corrected chi connectivity index (χ4v) is 4.58. The van der Waals surface area contributed by atoms with Gasteiger partial charge in [-0.15, -0.1) is 0 Å². The summed E-state index contributed by atoms with van der Waals surface area (Å²) >= 11 is 0. The van der Waals surface area contributed by atoms with Gasteiger partial charge in [-0.3, -0.25) is 24.9 Å². The first kappa shape index (κ1) is 20.2. The normalized spacial score (nSPS) is 21.4. The van der Waals surface area contributed by atoms with Gasteiger partial charge in [-0.25, -0.2) is 4.79 Å². The summed E-state index contributed by atoms with van der Waals surface area (Å²) < 4.78 is 11.3. The Morgan fingerprint density at radius 2 is 2.09 bits per heavy atom. The van der Waals surface area contributed by atoms with E-state index in [-0.39, 0.29) is 24.8 Å². The zero-order valence-corrected chi connectivity index (χ0v) is 18.2. The molecule has 6 rings (SSSR count). The predicted octanol–water partition coefficient (Wildman–Crippen LogP) is 0.877. The number of amidine groups is 1. The number of nitrogens with one attached hydrogen (secondary N) is 3. The highest BCUT2D eigenvalue weighted by Crippen LogP contribution is 2.34. The number of carbonyl (C=O) groups excluding carboxylic acids is 3. The Morgan fingerprint density at radius 1 is 1.21 bits per heavy atom. The molecule has 1 saturated heterocycles. The second-order valence-electron chi connectivity index (χ2n) is 8.37. The van der Waals surface area contributed by atoms with Gasteiger partial charge in [0.25, 0.3) is 11.8 Å². The Labute approximate surface area is 193 Å². The third kappa shape index (κ3) is 3.00. The van der Waals surface area contributed by atoms with E-state index in [0.29, 0.717) is 29.0 Å². The van der Waals surface area contributed by atoms with Gasteiger partial charge in [0.2, 0.25) is 0 Å². The number of urea groups is 1. The van der Waals surface area contributed by atoms with Gasteiger partial charge in [-0.05, 0) is 23.8 Å². The van der Waals surface area contributed by atoms with Crippen LogP contribution in [0.1, 0.15) is 27.2 Å². The van der Waals surface area contributed by atoms with E-state index in [0.717, 1.165) is 23.5 Å². The topological polar surface area (TPSA) is 138 Å². The van der Waals surface area contributed by atoms with E-state index in [1.54, 1.807) is 30.5 Å². The third-order valence-electron chi connectivity index (χ3n) is 6.30. The molecule has 0 bridgehead atoms. The molecular formula is C23H20N6O5. The highest BCUT2D eigenvalue weighted by molar-refractivity contribution is 6.08. The number of carbonyl (C=O) groups is 3. The van der Waals surface area contributed by atoms with Crippen molar-refractivity contribution in [1.82, 2.24) is 25.8 Å². The van der Waals surface area contributed by atoms with Crippen LogP contribution in [0.4, 0.5) is 4.79 Å². The predicted molar refractivity (Wildman–Crippen MR) is 120 cm³/mol. The van der Waals surface area contributed by atoms with Crippen LogP contribution in [0.5, 0.6) is 5.75 Å². The first-order valence-electron chi connectivity index (χ1n) is 10.8. The van der Waals surface area contributed by atoms with E-state index in [1.165, 1.54) is 12.0 Å². The molecule has 3 aliphatic rings. The molecule has 3 aromatic rings. The summed E-state index contributed by atoms with van der Waals surface area (Å²) in [5.41, 5.74) is 1.44. The zero-order valence-electron chi connectivity index (χ0n) is 18.2. The molecule has 11 heteroatoms. The Bertz CT molecular complexity index is 1410. The molecule has 3 N–H and O–H groups in total. The molecule has 0 saturated carbocycles. The van der Waals surface area contributed by atoms with Crippen LogP contribution in [0.15, 0.2) is 45.9 Å². The van der Waals surface area contributed by atoms with Crippen LogP contribution in [0.3, 0.4) is 0 Å². The number of rotatable bonds is 5. The van der Waals surface area contributed by atoms with E-state index >= 15 is 0 Å². The monoisotopic (exact) mass is 460 g/mol. The van der Waals surface area contributed by atoms with Crippen molar-refractivity contribution in [1.29, 1.82) is 0 Å². The Hall–Kier alpha value is -4.41. The maximum absolute atomic E-state index is 13.1. The van der Waals surface area contributed by atoms with Crippen LogP contribution in [0.25, 0.3) is 11.1 Å². The molecule has 1 fully saturated rings. The summed E-state index contributed by atoms with van der Waals surface area (Å²) in [5, 5.41) is 8.15. The van der Waals surface area contributed by atoms with Gasteiger partial charge in [0.1, 0.15) is 22.9 Å². The molecule has 172 valence electrons. The lowest BCUT2D eigenvalue weighted by Gasteiger charge is -2.28. The maximum atomic E-state index is 13.1. The number of imide groups is 1. The molecule has 5 heterocycles. The summed E-state index contributed by atoms with van der Waals surface area (Å²) in [7, 11) is 1.53. The van der Waals surface area contributed by atoms with Crippen molar-refractivity contribution in [2.45, 2.75) is 12.1 Å². The van der Waals surface area contributed by atoms with Crippen LogP contribution in [-0.2, 0) is 16.9 Å². The summed E-state index contributed by atoms with van der Waals surface area (Å²) in [6.45, 7) is 1.62. The Morgan fingerprint density at radius 3 is 2.82 bits per heavy atom. The van der Waals surface area contributed by atoms with Crippen LogP contribution in [-0.4, -0.2) is 60.3 Å². The Kier molecular flexibility index (Phi) is 4.34. The molecule has 2 aromatic heterocycles. The SMILES string of the molecule is COc1ccc2c(c1)C(=O)N(C[C@@]1(c3cc4ncc(C5=NCCN5)cc4o3)NC(=O)NC1=O)C2. The number of hydrogen-bond donors (Lipinski definition) is 3. The summed E-state index contributed by atoms with van der Waals surface area (Å²) in [6.07, 6.45) is 1.67. The fraction of sp³-hybridized carbons (Fsp3) is 0.261. The highest BCUT2D eigenvalue weighted by atomic mass is 16.5. The number of nitrogens with zero attached hydrogens (tertiary/aromatic N) is 3. The summed E-state index contributed by atoms with van der Waals surface area (Å²) in [4.78, 5) is 48.7. The van der Waals surface area contributed by atoms with Gasteiger partial charge in [0.15, 0.2) is 11.1 Å². The number of methoxy groups -OCH3 is 1. The van der Waals surface area contributed by atoms with Crippen molar-refractivity contribution in [2.75, 3.05) is 26.7 Å². The van der Waals surface area contributed by atoms with Gasteiger partial charge in [-0.2, -0.15) is 0 Å². The van der Waals surface area contributed by atoms with Crippen molar-refractivity contribution >= 4 is 34.8 Å². The van der Waals surface area contributed by atoms with Crippen molar-refractivity contribution in [3.8, 4) is 5.75 Å². The lowest BCUT2D eigenvalue weighted by atomic mass is 9.95. The Balaban J connectivity index is 1.38. The second-order valence-corrected chi connectivity index (χ2v) is 8.37. The number of fused-ring (bicyclic) bond motifs is 2. The fourth-order valence-electron chi connectivity index (χ4n) is 4.58. The number of aromatic nitrogens is 1. The van der Waals surface area contributed by atoms with E-state index in [4.69, 9.17) is 9.15 Å². The number of hydrogen-bond acceptors (Lipinski definition) is 8. The number of benzene rings is 1. The van der Waals surface area contributed by atoms with Gasteiger partial charge in [0.05, 0.1) is 20.2 Å². The van der Waals surface area contributed by atoms with Crippen LogP contribution < -0.4 is 20.7 Å². The quantitative estimate of drug-likeness (QED) is 0.481. The van der Waals surface area contributed by atoms with Crippen LogP contribution in [0, 0.1) is 0 Å². The first-order valence-corrected chi connectivity index (χ1v) is 10.8. The van der Waals surface area contributed by atoms with Gasteiger partial charge >= 0.3 is 6.03 Å². The number of amides is 4. The average molecular weight is 460 g/mol. The molecule has 34 heavy (non-hydrogen) atoms.